The Morgan fingerprint density at radius 3 is 1.27 bits per heavy atom. The molecular formula is C4H15NO13P4. The second kappa shape index (κ2) is 6.79. The van der Waals surface area contributed by atoms with Crippen LogP contribution >= 0.6 is 30.4 Å². The zero-order valence-corrected chi connectivity index (χ0v) is 14.0. The average molecular weight is 409 g/mol. The maximum Gasteiger partial charge on any atom is 0.357 e. The summed E-state index contributed by atoms with van der Waals surface area (Å²) in [5, 5.41) is 5.96. The van der Waals surface area contributed by atoms with Gasteiger partial charge >= 0.3 is 30.4 Å². The van der Waals surface area contributed by atoms with Gasteiger partial charge in [0.05, 0.1) is 0 Å². The highest BCUT2D eigenvalue weighted by Gasteiger charge is 2.64. The van der Waals surface area contributed by atoms with Crippen LogP contribution in [-0.4, -0.2) is 61.4 Å². The molecule has 0 amide bonds. The van der Waals surface area contributed by atoms with Crippen molar-refractivity contribution in [2.24, 2.45) is 0 Å². The minimum atomic E-state index is -5.96. The summed E-state index contributed by atoms with van der Waals surface area (Å²) in [5.41, 5.74) is -3.30. The molecule has 0 aromatic carbocycles. The first-order chi connectivity index (χ1) is 9.40. The first-order valence-corrected chi connectivity index (χ1v) is 11.6. The summed E-state index contributed by atoms with van der Waals surface area (Å²) in [7, 11) is -23.5. The van der Waals surface area contributed by atoms with Gasteiger partial charge in [-0.05, 0) is 0 Å². The van der Waals surface area contributed by atoms with Crippen LogP contribution in [0.15, 0.2) is 0 Å². The first-order valence-electron chi connectivity index (χ1n) is 5.00. The van der Waals surface area contributed by atoms with Crippen molar-refractivity contribution in [1.82, 2.24) is 5.32 Å². The van der Waals surface area contributed by atoms with Gasteiger partial charge in [-0.15, -0.1) is 0 Å². The molecule has 0 fully saturated rings. The van der Waals surface area contributed by atoms with Gasteiger partial charge in [0.25, 0.3) is 0 Å². The fourth-order valence-corrected chi connectivity index (χ4v) is 6.91. The zero-order chi connectivity index (χ0) is 18.2. The Balaban J connectivity index is 6.37. The molecule has 0 bridgehead atoms. The molecule has 0 aromatic rings. The predicted molar refractivity (Wildman–Crippen MR) is 69.5 cm³/mol. The van der Waals surface area contributed by atoms with E-state index >= 15 is 0 Å². The van der Waals surface area contributed by atoms with E-state index in [1.165, 1.54) is 0 Å². The predicted octanol–water partition coefficient (Wildman–Crippen LogP) is -2.39. The van der Waals surface area contributed by atoms with E-state index in [9.17, 15) is 18.3 Å². The second-order valence-electron chi connectivity index (χ2n) is 4.07. The molecule has 0 aliphatic rings. The summed E-state index contributed by atoms with van der Waals surface area (Å²) in [6.07, 6.45) is -1.45. The van der Waals surface area contributed by atoms with Crippen LogP contribution in [0.5, 0.6) is 0 Å². The highest BCUT2D eigenvalue weighted by Crippen LogP contribution is 2.71. The van der Waals surface area contributed by atoms with Crippen molar-refractivity contribution < 1.29 is 62.5 Å². The van der Waals surface area contributed by atoms with Gasteiger partial charge in [0, 0.05) is 13.0 Å². The molecule has 134 valence electrons. The third-order valence-corrected chi connectivity index (χ3v) is 9.96. The normalized spacial score (nSPS) is 15.4. The molecule has 0 spiro atoms. The van der Waals surface area contributed by atoms with E-state index in [1.54, 1.807) is 0 Å². The Morgan fingerprint density at radius 1 is 0.773 bits per heavy atom. The summed E-state index contributed by atoms with van der Waals surface area (Å²) >= 11 is 0. The Bertz CT molecular complexity index is 533. The third-order valence-electron chi connectivity index (χ3n) is 2.42. The van der Waals surface area contributed by atoms with Crippen molar-refractivity contribution >= 4 is 30.4 Å². The van der Waals surface area contributed by atoms with E-state index in [2.05, 4.69) is 0 Å². The molecule has 0 aromatic heterocycles. The van der Waals surface area contributed by atoms with Crippen LogP contribution in [0.25, 0.3) is 0 Å². The van der Waals surface area contributed by atoms with Crippen LogP contribution in [0.1, 0.15) is 6.42 Å². The van der Waals surface area contributed by atoms with E-state index in [0.717, 1.165) is 5.32 Å². The number of hydrogen-bond acceptors (Lipinski definition) is 6. The fourth-order valence-electron chi connectivity index (χ4n) is 1.43. The van der Waals surface area contributed by atoms with Crippen molar-refractivity contribution in [2.75, 3.05) is 6.61 Å². The molecule has 22 heavy (non-hydrogen) atoms. The van der Waals surface area contributed by atoms with Gasteiger partial charge in [0.1, 0.15) is 0 Å². The van der Waals surface area contributed by atoms with Crippen LogP contribution in [0.3, 0.4) is 0 Å². The van der Waals surface area contributed by atoms with Crippen molar-refractivity contribution in [3.8, 4) is 0 Å². The largest absolute Gasteiger partial charge is 0.396 e. The SMILES string of the molecule is O=P(O)(O)C(NC(CCO)(P(=O)(O)O)P(=O)(O)O)P(=O)(O)O. The number of hydrogen-bond donors (Lipinski definition) is 10. The maximum absolute atomic E-state index is 11.4. The first kappa shape index (κ1) is 22.5. The minimum Gasteiger partial charge on any atom is -0.396 e. The quantitative estimate of drug-likeness (QED) is 0.188. The van der Waals surface area contributed by atoms with Crippen LogP contribution in [0.2, 0.25) is 0 Å². The van der Waals surface area contributed by atoms with E-state index in [-0.39, 0.29) is 0 Å². The number of aliphatic hydroxyl groups excluding tert-OH is 1. The van der Waals surface area contributed by atoms with Gasteiger partial charge in [0.2, 0.25) is 10.5 Å². The van der Waals surface area contributed by atoms with Gasteiger partial charge in [0.15, 0.2) is 0 Å². The molecule has 0 saturated carbocycles. The molecule has 0 aliphatic heterocycles. The molecule has 0 aliphatic carbocycles. The number of aliphatic hydroxyl groups is 1. The maximum atomic E-state index is 11.4. The number of nitrogens with one attached hydrogen (secondary N) is 1. The lowest BCUT2D eigenvalue weighted by Gasteiger charge is -2.37. The summed E-state index contributed by atoms with van der Waals surface area (Å²) in [4.78, 5) is 71.9. The molecule has 0 rings (SSSR count). The average Bonchev–Trinajstić information content (AvgIpc) is 2.16. The summed E-state index contributed by atoms with van der Waals surface area (Å²) in [6.45, 7) is -1.28. The minimum absolute atomic E-state index is 1.02. The van der Waals surface area contributed by atoms with E-state index < -0.39 is 54.0 Å². The van der Waals surface area contributed by atoms with E-state index in [1.807, 2.05) is 0 Å². The van der Waals surface area contributed by atoms with Crippen LogP contribution in [0, 0.1) is 0 Å². The monoisotopic (exact) mass is 409 g/mol. The second-order valence-corrected chi connectivity index (χ2v) is 11.9. The van der Waals surface area contributed by atoms with E-state index in [0.29, 0.717) is 0 Å². The smallest absolute Gasteiger partial charge is 0.357 e. The standard InChI is InChI=1S/C4H15NO13P4/c6-2-1-4(21(13,14)15,22(16,17)18)5-3(19(7,8)9)20(10,11)12/h3,5-6H,1-2H2,(H2,7,8,9)(H2,10,11,12)(H2,13,14,15)(H2,16,17,18). The highest BCUT2D eigenvalue weighted by molar-refractivity contribution is 7.73. The number of rotatable bonds is 8. The lowest BCUT2D eigenvalue weighted by molar-refractivity contribution is 0.225. The highest BCUT2D eigenvalue weighted by atomic mass is 31.2. The third kappa shape index (κ3) is 5.01. The Kier molecular flexibility index (Phi) is 6.95. The Morgan fingerprint density at radius 2 is 1.09 bits per heavy atom. The van der Waals surface area contributed by atoms with Gasteiger partial charge in [-0.3, -0.25) is 23.6 Å². The van der Waals surface area contributed by atoms with E-state index in [4.69, 9.17) is 44.3 Å². The Labute approximate surface area is 122 Å². The Hall–Kier alpha value is 0.520. The topological polar surface area (TPSA) is 262 Å². The summed E-state index contributed by atoms with van der Waals surface area (Å²) in [5.74, 6) is 0. The van der Waals surface area contributed by atoms with Gasteiger partial charge < -0.3 is 44.3 Å². The summed E-state index contributed by atoms with van der Waals surface area (Å²) in [6, 6.07) is 0. The van der Waals surface area contributed by atoms with Gasteiger partial charge in [-0.25, -0.2) is 0 Å². The zero-order valence-electron chi connectivity index (χ0n) is 10.4. The lowest BCUT2D eigenvalue weighted by atomic mass is 10.4. The fraction of sp³-hybridized carbons (Fsp3) is 1.00. The van der Waals surface area contributed by atoms with Crippen LogP contribution < -0.4 is 5.32 Å². The molecule has 0 heterocycles. The van der Waals surface area contributed by atoms with Gasteiger partial charge in [-0.1, -0.05) is 0 Å². The van der Waals surface area contributed by atoms with Crippen LogP contribution in [0.4, 0.5) is 0 Å². The summed E-state index contributed by atoms with van der Waals surface area (Å²) < 4.78 is 45.0. The molecular weight excluding hydrogens is 394 g/mol. The molecule has 0 unspecified atom stereocenters. The van der Waals surface area contributed by atoms with Crippen molar-refractivity contribution in [1.29, 1.82) is 0 Å². The van der Waals surface area contributed by atoms with Crippen LogP contribution in [-0.2, 0) is 18.3 Å². The molecule has 0 radical (unpaired) electrons. The molecule has 18 heteroatoms. The van der Waals surface area contributed by atoms with Crippen molar-refractivity contribution in [3.63, 3.8) is 0 Å². The van der Waals surface area contributed by atoms with Crippen molar-refractivity contribution in [2.45, 2.75) is 17.0 Å². The molecule has 0 atom stereocenters. The molecule has 10 N–H and O–H groups in total. The lowest BCUT2D eigenvalue weighted by Crippen LogP contribution is -2.50. The molecule has 0 saturated heterocycles. The van der Waals surface area contributed by atoms with Crippen molar-refractivity contribution in [3.05, 3.63) is 0 Å². The van der Waals surface area contributed by atoms with Gasteiger partial charge in [-0.2, -0.15) is 0 Å². The molecule has 14 nitrogen and oxygen atoms in total.